The van der Waals surface area contributed by atoms with E-state index in [1.807, 2.05) is 0 Å². The third-order valence-corrected chi connectivity index (χ3v) is 1.47. The molecule has 0 fully saturated rings. The molecule has 0 bridgehead atoms. The van der Waals surface area contributed by atoms with Crippen molar-refractivity contribution in [2.75, 3.05) is 14.2 Å². The first-order chi connectivity index (χ1) is 6.26. The first-order valence-electron chi connectivity index (χ1n) is 3.80. The number of carbonyl (C=O) groups excluding carboxylic acids is 1. The second-order valence-corrected chi connectivity index (χ2v) is 2.32. The van der Waals surface area contributed by atoms with Crippen LogP contribution in [0.25, 0.3) is 0 Å². The van der Waals surface area contributed by atoms with Crippen molar-refractivity contribution in [2.24, 2.45) is 0 Å². The standard InChI is InChI=1S/C9H11NO3.ClH/c1-10-9(11)13-8-5-3-7(12-2)4-6-8;/h3-6H,1-2H3,(H,10,11);1H. The van der Waals surface area contributed by atoms with E-state index < -0.39 is 6.09 Å². The van der Waals surface area contributed by atoms with Gasteiger partial charge in [0.1, 0.15) is 11.5 Å². The number of ether oxygens (including phenoxy) is 2. The van der Waals surface area contributed by atoms with Gasteiger partial charge in [0.25, 0.3) is 0 Å². The van der Waals surface area contributed by atoms with Crippen LogP contribution < -0.4 is 14.8 Å². The van der Waals surface area contributed by atoms with Crippen LogP contribution in [0.15, 0.2) is 24.3 Å². The summed E-state index contributed by atoms with van der Waals surface area (Å²) in [4.78, 5) is 10.8. The van der Waals surface area contributed by atoms with E-state index in [0.29, 0.717) is 5.75 Å². The van der Waals surface area contributed by atoms with Gasteiger partial charge in [-0.2, -0.15) is 0 Å². The lowest BCUT2D eigenvalue weighted by Crippen LogP contribution is -2.21. The van der Waals surface area contributed by atoms with E-state index in [-0.39, 0.29) is 12.4 Å². The first kappa shape index (κ1) is 12.6. The zero-order valence-electron chi connectivity index (χ0n) is 7.94. The predicted molar refractivity (Wildman–Crippen MR) is 55.3 cm³/mol. The Morgan fingerprint density at radius 1 is 1.21 bits per heavy atom. The smallest absolute Gasteiger partial charge is 0.412 e. The van der Waals surface area contributed by atoms with Gasteiger partial charge in [0.05, 0.1) is 7.11 Å². The molecule has 1 N–H and O–H groups in total. The zero-order valence-corrected chi connectivity index (χ0v) is 8.76. The maximum absolute atomic E-state index is 10.8. The molecule has 0 unspecified atom stereocenters. The number of benzene rings is 1. The maximum atomic E-state index is 10.8. The van der Waals surface area contributed by atoms with Crippen molar-refractivity contribution >= 4 is 18.5 Å². The topological polar surface area (TPSA) is 47.6 Å². The lowest BCUT2D eigenvalue weighted by atomic mass is 10.3. The van der Waals surface area contributed by atoms with Gasteiger partial charge in [-0.25, -0.2) is 4.79 Å². The van der Waals surface area contributed by atoms with Crippen LogP contribution in [-0.2, 0) is 0 Å². The van der Waals surface area contributed by atoms with Crippen molar-refractivity contribution < 1.29 is 14.3 Å². The quantitative estimate of drug-likeness (QED) is 0.822. The minimum absolute atomic E-state index is 0. The van der Waals surface area contributed by atoms with Crippen molar-refractivity contribution in [3.8, 4) is 11.5 Å². The Bertz CT molecular complexity index is 287. The molecule has 1 rings (SSSR count). The average molecular weight is 218 g/mol. The summed E-state index contributed by atoms with van der Waals surface area (Å²) in [5, 5.41) is 2.35. The molecule has 0 aliphatic carbocycles. The fourth-order valence-corrected chi connectivity index (χ4v) is 0.802. The Hall–Kier alpha value is -1.42. The number of hydrogen-bond acceptors (Lipinski definition) is 3. The molecule has 0 saturated carbocycles. The summed E-state index contributed by atoms with van der Waals surface area (Å²) in [5.41, 5.74) is 0. The minimum Gasteiger partial charge on any atom is -0.497 e. The monoisotopic (exact) mass is 217 g/mol. The van der Waals surface area contributed by atoms with Crippen LogP contribution in [0.1, 0.15) is 0 Å². The van der Waals surface area contributed by atoms with Gasteiger partial charge in [-0.3, -0.25) is 0 Å². The summed E-state index contributed by atoms with van der Waals surface area (Å²) in [5.74, 6) is 1.21. The molecule has 1 amide bonds. The molecular weight excluding hydrogens is 206 g/mol. The number of hydrogen-bond donors (Lipinski definition) is 1. The summed E-state index contributed by atoms with van der Waals surface area (Å²) in [6.45, 7) is 0. The van der Waals surface area contributed by atoms with Crippen LogP contribution in [0.3, 0.4) is 0 Å². The van der Waals surface area contributed by atoms with Crippen molar-refractivity contribution in [3.05, 3.63) is 24.3 Å². The number of carbonyl (C=O) groups is 1. The maximum Gasteiger partial charge on any atom is 0.412 e. The molecule has 0 spiro atoms. The fraction of sp³-hybridized carbons (Fsp3) is 0.222. The molecule has 0 atom stereocenters. The molecule has 0 radical (unpaired) electrons. The Labute approximate surface area is 88.6 Å². The lowest BCUT2D eigenvalue weighted by Gasteiger charge is -2.03. The molecule has 1 aromatic carbocycles. The molecule has 14 heavy (non-hydrogen) atoms. The van der Waals surface area contributed by atoms with E-state index in [4.69, 9.17) is 9.47 Å². The van der Waals surface area contributed by atoms with Gasteiger partial charge in [0.2, 0.25) is 0 Å². The molecule has 0 aliphatic heterocycles. The summed E-state index contributed by atoms with van der Waals surface area (Å²) in [7, 11) is 3.08. The molecule has 0 heterocycles. The summed E-state index contributed by atoms with van der Waals surface area (Å²) in [6, 6.07) is 6.76. The van der Waals surface area contributed by atoms with Gasteiger partial charge in [-0.1, -0.05) is 0 Å². The van der Waals surface area contributed by atoms with Crippen LogP contribution in [0, 0.1) is 0 Å². The Morgan fingerprint density at radius 2 is 1.71 bits per heavy atom. The van der Waals surface area contributed by atoms with Gasteiger partial charge >= 0.3 is 6.09 Å². The second-order valence-electron chi connectivity index (χ2n) is 2.32. The SMILES string of the molecule is CNC(=O)Oc1ccc(OC)cc1.Cl. The molecule has 78 valence electrons. The molecule has 4 nitrogen and oxygen atoms in total. The summed E-state index contributed by atoms with van der Waals surface area (Å²) < 4.78 is 9.80. The van der Waals surface area contributed by atoms with Crippen LogP contribution in [-0.4, -0.2) is 20.3 Å². The van der Waals surface area contributed by atoms with Crippen LogP contribution >= 0.6 is 12.4 Å². The van der Waals surface area contributed by atoms with Gasteiger partial charge in [-0.15, -0.1) is 12.4 Å². The van der Waals surface area contributed by atoms with E-state index >= 15 is 0 Å². The van der Waals surface area contributed by atoms with E-state index in [9.17, 15) is 4.79 Å². The van der Waals surface area contributed by atoms with Gasteiger partial charge < -0.3 is 14.8 Å². The molecular formula is C9H12ClNO3. The number of methoxy groups -OCH3 is 1. The van der Waals surface area contributed by atoms with Gasteiger partial charge in [-0.05, 0) is 24.3 Å². The zero-order chi connectivity index (χ0) is 9.68. The number of rotatable bonds is 2. The van der Waals surface area contributed by atoms with Crippen molar-refractivity contribution in [2.45, 2.75) is 0 Å². The van der Waals surface area contributed by atoms with E-state index in [1.54, 1.807) is 31.4 Å². The van der Waals surface area contributed by atoms with Crippen LogP contribution in [0.5, 0.6) is 11.5 Å². The molecule has 0 saturated heterocycles. The van der Waals surface area contributed by atoms with Crippen LogP contribution in [0.2, 0.25) is 0 Å². The lowest BCUT2D eigenvalue weighted by molar-refractivity contribution is 0.203. The summed E-state index contributed by atoms with van der Waals surface area (Å²) in [6.07, 6.45) is -0.481. The van der Waals surface area contributed by atoms with E-state index in [2.05, 4.69) is 5.32 Å². The molecule has 5 heteroatoms. The fourth-order valence-electron chi connectivity index (χ4n) is 0.802. The van der Waals surface area contributed by atoms with Gasteiger partial charge in [0, 0.05) is 7.05 Å². The number of amides is 1. The highest BCUT2D eigenvalue weighted by Gasteiger charge is 2.00. The highest BCUT2D eigenvalue weighted by Crippen LogP contribution is 2.16. The third kappa shape index (κ3) is 3.53. The number of halogens is 1. The van der Waals surface area contributed by atoms with Crippen molar-refractivity contribution in [1.82, 2.24) is 5.32 Å². The van der Waals surface area contributed by atoms with Gasteiger partial charge in [0.15, 0.2) is 0 Å². The van der Waals surface area contributed by atoms with Crippen molar-refractivity contribution in [1.29, 1.82) is 0 Å². The van der Waals surface area contributed by atoms with Crippen LogP contribution in [0.4, 0.5) is 4.79 Å². The Morgan fingerprint density at radius 3 is 2.14 bits per heavy atom. The average Bonchev–Trinajstić information content (AvgIpc) is 2.19. The van der Waals surface area contributed by atoms with E-state index in [1.165, 1.54) is 7.05 Å². The highest BCUT2D eigenvalue weighted by atomic mass is 35.5. The molecule has 0 aliphatic rings. The highest BCUT2D eigenvalue weighted by molar-refractivity contribution is 5.85. The largest absolute Gasteiger partial charge is 0.497 e. The number of nitrogens with one attached hydrogen (secondary N) is 1. The van der Waals surface area contributed by atoms with E-state index in [0.717, 1.165) is 5.75 Å². The summed E-state index contributed by atoms with van der Waals surface area (Å²) >= 11 is 0. The van der Waals surface area contributed by atoms with Crippen molar-refractivity contribution in [3.63, 3.8) is 0 Å². The molecule has 1 aromatic rings. The first-order valence-corrected chi connectivity index (χ1v) is 3.80. The Balaban J connectivity index is 0.00000169. The molecule has 0 aromatic heterocycles. The predicted octanol–water partition coefficient (Wildman–Crippen LogP) is 1.84. The minimum atomic E-state index is -0.481. The third-order valence-electron chi connectivity index (χ3n) is 1.47. The Kier molecular flexibility index (Phi) is 5.48. The second kappa shape index (κ2) is 6.10. The normalized spacial score (nSPS) is 8.43.